The van der Waals surface area contributed by atoms with E-state index < -0.39 is 0 Å². The summed E-state index contributed by atoms with van der Waals surface area (Å²) in [5.74, 6) is 0.550. The predicted molar refractivity (Wildman–Crippen MR) is 111 cm³/mol. The van der Waals surface area contributed by atoms with Crippen LogP contribution in [0.4, 0.5) is 21.9 Å². The van der Waals surface area contributed by atoms with E-state index in [2.05, 4.69) is 21.3 Å². The van der Waals surface area contributed by atoms with Gasteiger partial charge < -0.3 is 21.3 Å². The van der Waals surface area contributed by atoms with E-state index >= 15 is 0 Å². The second kappa shape index (κ2) is 8.02. The molecule has 1 aliphatic carbocycles. The van der Waals surface area contributed by atoms with Gasteiger partial charge in [-0.05, 0) is 61.7 Å². The molecule has 6 nitrogen and oxygen atoms in total. The van der Waals surface area contributed by atoms with Gasteiger partial charge in [-0.15, -0.1) is 0 Å². The molecule has 6 heteroatoms. The summed E-state index contributed by atoms with van der Waals surface area (Å²) in [5.41, 5.74) is 1.88. The zero-order valence-electron chi connectivity index (χ0n) is 15.8. The van der Waals surface area contributed by atoms with Crippen molar-refractivity contribution < 1.29 is 9.59 Å². The number of para-hydroxylation sites is 1. The van der Waals surface area contributed by atoms with Gasteiger partial charge in [0.25, 0.3) is 0 Å². The van der Waals surface area contributed by atoms with E-state index in [-0.39, 0.29) is 17.4 Å². The van der Waals surface area contributed by atoms with Gasteiger partial charge in [0.1, 0.15) is 0 Å². The van der Waals surface area contributed by atoms with Crippen LogP contribution in [0, 0.1) is 11.3 Å². The van der Waals surface area contributed by atoms with Crippen molar-refractivity contribution in [1.82, 2.24) is 5.32 Å². The molecule has 0 bridgehead atoms. The molecular weight excluding hydrogens is 352 g/mol. The summed E-state index contributed by atoms with van der Waals surface area (Å²) >= 11 is 0. The van der Waals surface area contributed by atoms with Crippen LogP contribution in [-0.2, 0) is 4.79 Å². The third-order valence-corrected chi connectivity index (χ3v) is 5.92. The third-order valence-electron chi connectivity index (χ3n) is 5.92. The lowest BCUT2D eigenvalue weighted by molar-refractivity contribution is -0.128. The first-order valence-electron chi connectivity index (χ1n) is 9.91. The minimum Gasteiger partial charge on any atom is -0.326 e. The molecule has 2 atom stereocenters. The second-order valence-electron chi connectivity index (χ2n) is 7.71. The average molecular weight is 378 g/mol. The number of hydrogen-bond donors (Lipinski definition) is 4. The Morgan fingerprint density at radius 1 is 0.857 bits per heavy atom. The van der Waals surface area contributed by atoms with Crippen molar-refractivity contribution >= 4 is 29.0 Å². The zero-order valence-corrected chi connectivity index (χ0v) is 15.8. The second-order valence-corrected chi connectivity index (χ2v) is 7.71. The number of fused-ring (bicyclic) bond motifs is 1. The lowest BCUT2D eigenvalue weighted by atomic mass is 9.67. The Kier molecular flexibility index (Phi) is 5.30. The molecule has 2 aromatic carbocycles. The molecule has 2 fully saturated rings. The number of benzene rings is 2. The molecule has 146 valence electrons. The number of urea groups is 1. The van der Waals surface area contributed by atoms with Gasteiger partial charge in [0.15, 0.2) is 0 Å². The molecule has 3 amide bonds. The quantitative estimate of drug-likeness (QED) is 0.648. The topological polar surface area (TPSA) is 82.3 Å². The first-order chi connectivity index (χ1) is 13.7. The molecule has 0 unspecified atom stereocenters. The number of carbonyl (C=O) groups is 2. The molecule has 2 aliphatic rings. The highest BCUT2D eigenvalue weighted by atomic mass is 16.2. The summed E-state index contributed by atoms with van der Waals surface area (Å²) in [7, 11) is 0. The molecule has 1 heterocycles. The number of amides is 3. The van der Waals surface area contributed by atoms with Gasteiger partial charge in [0.05, 0.1) is 5.41 Å². The van der Waals surface area contributed by atoms with Crippen molar-refractivity contribution in [3.05, 3.63) is 54.6 Å². The van der Waals surface area contributed by atoms with Crippen molar-refractivity contribution in [3.63, 3.8) is 0 Å². The highest BCUT2D eigenvalue weighted by molar-refractivity contribution is 6.00. The Balaban J connectivity index is 1.35. The van der Waals surface area contributed by atoms with Crippen LogP contribution in [0.15, 0.2) is 54.6 Å². The van der Waals surface area contributed by atoms with E-state index in [1.807, 2.05) is 42.5 Å². The maximum atomic E-state index is 13.0. The Bertz CT molecular complexity index is 837. The number of hydrogen-bond acceptors (Lipinski definition) is 3. The lowest BCUT2D eigenvalue weighted by Gasteiger charge is -2.37. The van der Waals surface area contributed by atoms with Crippen LogP contribution in [0.1, 0.15) is 25.7 Å². The minimum absolute atomic E-state index is 0.115. The van der Waals surface area contributed by atoms with E-state index in [0.717, 1.165) is 43.7 Å². The summed E-state index contributed by atoms with van der Waals surface area (Å²) < 4.78 is 0. The van der Waals surface area contributed by atoms with Crippen LogP contribution in [-0.4, -0.2) is 25.0 Å². The Morgan fingerprint density at radius 2 is 1.50 bits per heavy atom. The van der Waals surface area contributed by atoms with Crippen LogP contribution in [0.5, 0.6) is 0 Å². The van der Waals surface area contributed by atoms with Crippen molar-refractivity contribution in [2.24, 2.45) is 11.3 Å². The van der Waals surface area contributed by atoms with Crippen molar-refractivity contribution in [2.45, 2.75) is 25.7 Å². The van der Waals surface area contributed by atoms with Gasteiger partial charge in [-0.2, -0.15) is 0 Å². The van der Waals surface area contributed by atoms with Crippen LogP contribution in [0.25, 0.3) is 0 Å². The van der Waals surface area contributed by atoms with Gasteiger partial charge in [0.2, 0.25) is 5.91 Å². The summed E-state index contributed by atoms with van der Waals surface area (Å²) in [5, 5.41) is 12.1. The smallest absolute Gasteiger partial charge is 0.323 e. The first kappa shape index (κ1) is 18.5. The summed E-state index contributed by atoms with van der Waals surface area (Å²) in [6, 6.07) is 16.2. The Labute approximate surface area is 165 Å². The zero-order chi connectivity index (χ0) is 19.4. The maximum absolute atomic E-state index is 13.0. The molecule has 1 aliphatic heterocycles. The molecule has 4 rings (SSSR count). The first-order valence-corrected chi connectivity index (χ1v) is 9.91. The SMILES string of the molecule is O=C(Nc1ccccc1)Nc1ccc(NC(=O)[C@@]23CCCC[C@H]2CNC3)cc1. The van der Waals surface area contributed by atoms with Gasteiger partial charge >= 0.3 is 6.03 Å². The number of anilines is 3. The van der Waals surface area contributed by atoms with Crippen molar-refractivity contribution in [2.75, 3.05) is 29.0 Å². The number of nitrogens with one attached hydrogen (secondary N) is 4. The molecule has 4 N–H and O–H groups in total. The molecular formula is C22H26N4O2. The predicted octanol–water partition coefficient (Wildman–Crippen LogP) is 4.05. The number of carbonyl (C=O) groups excluding carboxylic acids is 2. The molecule has 1 saturated carbocycles. The van der Waals surface area contributed by atoms with Gasteiger partial charge in [-0.3, -0.25) is 4.79 Å². The fourth-order valence-corrected chi connectivity index (χ4v) is 4.40. The fourth-order valence-electron chi connectivity index (χ4n) is 4.40. The Hall–Kier alpha value is -2.86. The van der Waals surface area contributed by atoms with Crippen LogP contribution >= 0.6 is 0 Å². The highest BCUT2D eigenvalue weighted by Gasteiger charge is 2.49. The minimum atomic E-state index is -0.302. The monoisotopic (exact) mass is 378 g/mol. The van der Waals surface area contributed by atoms with Crippen molar-refractivity contribution in [1.29, 1.82) is 0 Å². The standard InChI is InChI=1S/C22H26N4O2/c27-20(22-13-5-4-6-16(22)14-23-15-22)24-18-9-11-19(12-10-18)26-21(28)25-17-7-2-1-3-8-17/h1-3,7-12,16,23H,4-6,13-15H2,(H,24,27)(H2,25,26,28)/t16-,22+/m0/s1. The van der Waals surface area contributed by atoms with Crippen LogP contribution < -0.4 is 21.3 Å². The van der Waals surface area contributed by atoms with E-state index in [4.69, 9.17) is 0 Å². The molecule has 2 aromatic rings. The normalized spacial score (nSPS) is 23.5. The maximum Gasteiger partial charge on any atom is 0.323 e. The average Bonchev–Trinajstić information content (AvgIpc) is 3.16. The summed E-state index contributed by atoms with van der Waals surface area (Å²) in [6.07, 6.45) is 4.41. The lowest BCUT2D eigenvalue weighted by Crippen LogP contribution is -2.44. The molecule has 28 heavy (non-hydrogen) atoms. The molecule has 1 saturated heterocycles. The fraction of sp³-hybridized carbons (Fsp3) is 0.364. The summed E-state index contributed by atoms with van der Waals surface area (Å²) in [6.45, 7) is 1.70. The van der Waals surface area contributed by atoms with Gasteiger partial charge in [-0.1, -0.05) is 31.0 Å². The number of rotatable bonds is 4. The Morgan fingerprint density at radius 3 is 2.21 bits per heavy atom. The van der Waals surface area contributed by atoms with E-state index in [0.29, 0.717) is 11.6 Å². The molecule has 0 radical (unpaired) electrons. The van der Waals surface area contributed by atoms with Crippen LogP contribution in [0.2, 0.25) is 0 Å². The largest absolute Gasteiger partial charge is 0.326 e. The van der Waals surface area contributed by atoms with Gasteiger partial charge in [0, 0.05) is 23.6 Å². The molecule has 0 spiro atoms. The van der Waals surface area contributed by atoms with Crippen LogP contribution in [0.3, 0.4) is 0 Å². The van der Waals surface area contributed by atoms with Gasteiger partial charge in [-0.25, -0.2) is 4.79 Å². The third kappa shape index (κ3) is 3.87. The highest BCUT2D eigenvalue weighted by Crippen LogP contribution is 2.44. The van der Waals surface area contributed by atoms with E-state index in [1.165, 1.54) is 6.42 Å². The van der Waals surface area contributed by atoms with E-state index in [1.54, 1.807) is 12.1 Å². The van der Waals surface area contributed by atoms with E-state index in [9.17, 15) is 9.59 Å². The van der Waals surface area contributed by atoms with Crippen molar-refractivity contribution in [3.8, 4) is 0 Å². The summed E-state index contributed by atoms with van der Waals surface area (Å²) in [4.78, 5) is 25.1. The molecule has 0 aromatic heterocycles.